The number of nitrogens with one attached hydrogen (secondary N) is 2. The van der Waals surface area contributed by atoms with Gasteiger partial charge in [-0.05, 0) is 37.2 Å². The molecule has 1 unspecified atom stereocenters. The molecule has 0 bridgehead atoms. The smallest absolute Gasteiger partial charge is 0.229 e. The fourth-order valence-electron chi connectivity index (χ4n) is 2.18. The molecule has 20 heavy (non-hydrogen) atoms. The maximum absolute atomic E-state index is 12.1. The van der Waals surface area contributed by atoms with E-state index in [4.69, 9.17) is 4.74 Å². The molecule has 0 radical (unpaired) electrons. The predicted molar refractivity (Wildman–Crippen MR) is 80.3 cm³/mol. The van der Waals surface area contributed by atoms with Crippen molar-refractivity contribution in [3.63, 3.8) is 0 Å². The Morgan fingerprint density at radius 1 is 1.55 bits per heavy atom. The Morgan fingerprint density at radius 2 is 2.35 bits per heavy atom. The Balaban J connectivity index is 1.75. The number of anilines is 1. The van der Waals surface area contributed by atoms with Gasteiger partial charge in [0.15, 0.2) is 5.13 Å². The first-order chi connectivity index (χ1) is 9.67. The van der Waals surface area contributed by atoms with E-state index in [1.165, 1.54) is 11.3 Å². The lowest BCUT2D eigenvalue weighted by molar-refractivity contribution is -0.121. The summed E-state index contributed by atoms with van der Waals surface area (Å²) < 4.78 is 6.20. The van der Waals surface area contributed by atoms with E-state index in [0.717, 1.165) is 29.1 Å². The molecule has 2 heterocycles. The number of hydrogen-bond donors (Lipinski definition) is 2. The minimum Gasteiger partial charge on any atom is -0.497 e. The molecule has 1 atom stereocenters. The normalized spacial score (nSPS) is 16.7. The van der Waals surface area contributed by atoms with Gasteiger partial charge in [-0.2, -0.15) is 0 Å². The molecule has 1 aliphatic heterocycles. The van der Waals surface area contributed by atoms with Crippen molar-refractivity contribution in [2.45, 2.75) is 6.92 Å². The molecular weight excluding hydrogens is 274 g/mol. The average molecular weight is 291 g/mol. The Morgan fingerprint density at radius 3 is 3.00 bits per heavy atom. The second-order valence-electron chi connectivity index (χ2n) is 5.05. The molecule has 0 saturated carbocycles. The van der Waals surface area contributed by atoms with E-state index in [-0.39, 0.29) is 11.8 Å². The van der Waals surface area contributed by atoms with Crippen molar-refractivity contribution >= 4 is 32.6 Å². The van der Waals surface area contributed by atoms with Crippen molar-refractivity contribution in [1.82, 2.24) is 10.3 Å². The highest BCUT2D eigenvalue weighted by Crippen LogP contribution is 2.29. The van der Waals surface area contributed by atoms with Gasteiger partial charge < -0.3 is 15.4 Å². The zero-order valence-electron chi connectivity index (χ0n) is 11.5. The molecule has 106 valence electrons. The van der Waals surface area contributed by atoms with Crippen LogP contribution in [0.25, 0.3) is 10.2 Å². The van der Waals surface area contributed by atoms with Crippen LogP contribution in [0.2, 0.25) is 0 Å². The molecule has 2 aromatic rings. The fraction of sp³-hybridized carbons (Fsp3) is 0.429. The molecule has 1 amide bonds. The Bertz CT molecular complexity index is 636. The van der Waals surface area contributed by atoms with Gasteiger partial charge in [0.2, 0.25) is 5.91 Å². The lowest BCUT2D eigenvalue weighted by atomic mass is 9.88. The van der Waals surface area contributed by atoms with E-state index in [2.05, 4.69) is 15.6 Å². The van der Waals surface area contributed by atoms with Crippen LogP contribution in [-0.4, -0.2) is 31.1 Å². The average Bonchev–Trinajstić information content (AvgIpc) is 2.77. The van der Waals surface area contributed by atoms with Gasteiger partial charge in [0.1, 0.15) is 5.75 Å². The summed E-state index contributed by atoms with van der Waals surface area (Å²) in [5.74, 6) is 1.29. The lowest BCUT2D eigenvalue weighted by Gasteiger charge is -2.31. The summed E-state index contributed by atoms with van der Waals surface area (Å²) in [6.45, 7) is 3.81. The summed E-state index contributed by atoms with van der Waals surface area (Å²) in [6.07, 6.45) is 0. The fourth-order valence-corrected chi connectivity index (χ4v) is 3.08. The quantitative estimate of drug-likeness (QED) is 0.905. The third kappa shape index (κ3) is 2.48. The van der Waals surface area contributed by atoms with Gasteiger partial charge in [0.05, 0.1) is 17.3 Å². The molecule has 5 nitrogen and oxygen atoms in total. The first-order valence-electron chi connectivity index (χ1n) is 6.63. The number of thiazole rings is 1. The predicted octanol–water partition coefficient (Wildman–Crippen LogP) is 2.10. The SMILES string of the molecule is COc1ccc2nc(NC(=O)C(C)C3CNC3)sc2c1. The highest BCUT2D eigenvalue weighted by Gasteiger charge is 2.29. The van der Waals surface area contributed by atoms with Crippen molar-refractivity contribution in [2.24, 2.45) is 11.8 Å². The summed E-state index contributed by atoms with van der Waals surface area (Å²) in [4.78, 5) is 16.6. The van der Waals surface area contributed by atoms with Crippen LogP contribution in [0.3, 0.4) is 0 Å². The molecule has 6 heteroatoms. The molecule has 1 aromatic heterocycles. The van der Waals surface area contributed by atoms with Crippen LogP contribution in [0.5, 0.6) is 5.75 Å². The van der Waals surface area contributed by atoms with Gasteiger partial charge in [0.25, 0.3) is 0 Å². The van der Waals surface area contributed by atoms with Crippen LogP contribution in [-0.2, 0) is 4.79 Å². The van der Waals surface area contributed by atoms with Crippen LogP contribution in [0.15, 0.2) is 18.2 Å². The van der Waals surface area contributed by atoms with Crippen LogP contribution in [0.4, 0.5) is 5.13 Å². The lowest BCUT2D eigenvalue weighted by Crippen LogP contribution is -2.48. The van der Waals surface area contributed by atoms with Gasteiger partial charge in [0, 0.05) is 5.92 Å². The molecule has 0 aliphatic carbocycles. The number of carbonyl (C=O) groups excluding carboxylic acids is 1. The van der Waals surface area contributed by atoms with Crippen molar-refractivity contribution in [3.05, 3.63) is 18.2 Å². The monoisotopic (exact) mass is 291 g/mol. The van der Waals surface area contributed by atoms with Crippen molar-refractivity contribution in [3.8, 4) is 5.75 Å². The largest absolute Gasteiger partial charge is 0.497 e. The van der Waals surface area contributed by atoms with Gasteiger partial charge in [-0.1, -0.05) is 18.3 Å². The van der Waals surface area contributed by atoms with Gasteiger partial charge in [-0.3, -0.25) is 4.79 Å². The molecule has 1 aliphatic rings. The van der Waals surface area contributed by atoms with Gasteiger partial charge in [-0.25, -0.2) is 4.98 Å². The number of fused-ring (bicyclic) bond motifs is 1. The number of ether oxygens (including phenoxy) is 1. The minimum atomic E-state index is 0.0119. The van der Waals surface area contributed by atoms with Crippen LogP contribution in [0, 0.1) is 11.8 Å². The first kappa shape index (κ1) is 13.3. The number of nitrogens with zero attached hydrogens (tertiary/aromatic N) is 1. The summed E-state index contributed by atoms with van der Waals surface area (Å²) in [6, 6.07) is 5.71. The van der Waals surface area contributed by atoms with E-state index in [9.17, 15) is 4.79 Å². The van der Waals surface area contributed by atoms with Crippen LogP contribution in [0.1, 0.15) is 6.92 Å². The van der Waals surface area contributed by atoms with E-state index in [1.54, 1.807) is 7.11 Å². The van der Waals surface area contributed by atoms with E-state index < -0.39 is 0 Å². The summed E-state index contributed by atoms with van der Waals surface area (Å²) in [7, 11) is 1.64. The highest BCUT2D eigenvalue weighted by atomic mass is 32.1. The molecule has 3 rings (SSSR count). The second kappa shape index (κ2) is 5.38. The first-order valence-corrected chi connectivity index (χ1v) is 7.45. The number of carbonyl (C=O) groups is 1. The Labute approximate surface area is 121 Å². The molecule has 1 aromatic carbocycles. The van der Waals surface area contributed by atoms with Crippen molar-refractivity contribution in [1.29, 1.82) is 0 Å². The number of hydrogen-bond acceptors (Lipinski definition) is 5. The number of rotatable bonds is 4. The van der Waals surface area contributed by atoms with Crippen LogP contribution < -0.4 is 15.4 Å². The van der Waals surface area contributed by atoms with Crippen molar-refractivity contribution in [2.75, 3.05) is 25.5 Å². The summed E-state index contributed by atoms with van der Waals surface area (Å²) in [5.41, 5.74) is 0.879. The van der Waals surface area contributed by atoms with Gasteiger partial charge in [-0.15, -0.1) is 0 Å². The van der Waals surface area contributed by atoms with E-state index in [1.807, 2.05) is 25.1 Å². The Kier molecular flexibility index (Phi) is 3.58. The number of amides is 1. The van der Waals surface area contributed by atoms with Crippen molar-refractivity contribution < 1.29 is 9.53 Å². The summed E-state index contributed by atoms with van der Waals surface area (Å²) in [5, 5.41) is 6.76. The second-order valence-corrected chi connectivity index (χ2v) is 6.08. The topological polar surface area (TPSA) is 63.2 Å². The Hall–Kier alpha value is -1.66. The molecular formula is C14H17N3O2S. The maximum atomic E-state index is 12.1. The number of aromatic nitrogens is 1. The highest BCUT2D eigenvalue weighted by molar-refractivity contribution is 7.22. The molecule has 0 spiro atoms. The van der Waals surface area contributed by atoms with E-state index in [0.29, 0.717) is 11.0 Å². The maximum Gasteiger partial charge on any atom is 0.229 e. The third-order valence-electron chi connectivity index (χ3n) is 3.76. The molecule has 1 fully saturated rings. The molecule has 1 saturated heterocycles. The van der Waals surface area contributed by atoms with Gasteiger partial charge >= 0.3 is 0 Å². The zero-order chi connectivity index (χ0) is 14.1. The standard InChI is InChI=1S/C14H17N3O2S/c1-8(9-6-15-7-9)13(18)17-14-16-11-4-3-10(19-2)5-12(11)20-14/h3-5,8-9,15H,6-7H2,1-2H3,(H,16,17,18). The zero-order valence-corrected chi connectivity index (χ0v) is 12.3. The summed E-state index contributed by atoms with van der Waals surface area (Å²) >= 11 is 1.47. The number of benzene rings is 1. The van der Waals surface area contributed by atoms with Crippen LogP contribution >= 0.6 is 11.3 Å². The third-order valence-corrected chi connectivity index (χ3v) is 4.69. The minimum absolute atomic E-state index is 0.0119. The number of methoxy groups -OCH3 is 1. The van der Waals surface area contributed by atoms with E-state index >= 15 is 0 Å². The molecule has 2 N–H and O–H groups in total.